The van der Waals surface area contributed by atoms with Crippen molar-refractivity contribution in [3.8, 4) is 0 Å². The first-order chi connectivity index (χ1) is 8.95. The minimum absolute atomic E-state index is 0.0120. The third-order valence-corrected chi connectivity index (χ3v) is 6.30. The van der Waals surface area contributed by atoms with E-state index >= 15 is 0 Å². The zero-order valence-electron chi connectivity index (χ0n) is 12.3. The maximum Gasteiger partial charge on any atom is 0.307 e. The fraction of sp³-hybridized carbons (Fsp3) is 0.846. The Morgan fingerprint density at radius 3 is 2.20 bits per heavy atom. The lowest BCUT2D eigenvalue weighted by Crippen LogP contribution is -2.46. The van der Waals surface area contributed by atoms with Crippen LogP contribution in [-0.2, 0) is 19.4 Å². The van der Waals surface area contributed by atoms with Crippen molar-refractivity contribution >= 4 is 21.7 Å². The van der Waals surface area contributed by atoms with Crippen LogP contribution in [0.1, 0.15) is 33.6 Å². The summed E-state index contributed by atoms with van der Waals surface area (Å²) >= 11 is 0. The van der Waals surface area contributed by atoms with E-state index in [9.17, 15) is 18.0 Å². The lowest BCUT2D eigenvalue weighted by molar-refractivity contribution is -0.146. The summed E-state index contributed by atoms with van der Waals surface area (Å²) in [7, 11) is -3.29. The summed E-state index contributed by atoms with van der Waals surface area (Å²) in [6, 6.07) is 0. The van der Waals surface area contributed by atoms with Crippen LogP contribution in [0.2, 0.25) is 0 Å². The van der Waals surface area contributed by atoms with E-state index in [0.29, 0.717) is 12.8 Å². The Hall–Kier alpha value is -1.11. The molecule has 1 amide bonds. The fourth-order valence-corrected chi connectivity index (χ4v) is 2.75. The SMILES string of the molecule is CC1CC(C(=O)O)C(C(=O)NCC(C)(C)S(C)(=O)=O)C1. The molecule has 0 saturated heterocycles. The highest BCUT2D eigenvalue weighted by atomic mass is 32.2. The molecule has 1 aliphatic carbocycles. The number of carbonyl (C=O) groups is 2. The average Bonchev–Trinajstić information content (AvgIpc) is 2.67. The second-order valence-corrected chi connectivity index (χ2v) is 9.03. The van der Waals surface area contributed by atoms with Gasteiger partial charge in [0.1, 0.15) is 0 Å². The van der Waals surface area contributed by atoms with Crippen molar-refractivity contribution in [2.45, 2.75) is 38.4 Å². The Bertz CT molecular complexity index is 497. The predicted molar refractivity (Wildman–Crippen MR) is 74.9 cm³/mol. The van der Waals surface area contributed by atoms with E-state index in [2.05, 4.69) is 5.32 Å². The zero-order valence-corrected chi connectivity index (χ0v) is 13.2. The summed E-state index contributed by atoms with van der Waals surface area (Å²) in [5, 5.41) is 11.7. The molecular formula is C13H23NO5S. The van der Waals surface area contributed by atoms with Crippen LogP contribution < -0.4 is 5.32 Å². The summed E-state index contributed by atoms with van der Waals surface area (Å²) in [5.74, 6) is -2.38. The Morgan fingerprint density at radius 1 is 1.25 bits per heavy atom. The maximum atomic E-state index is 12.1. The van der Waals surface area contributed by atoms with Gasteiger partial charge in [0.15, 0.2) is 9.84 Å². The third kappa shape index (κ3) is 3.71. The Morgan fingerprint density at radius 2 is 1.75 bits per heavy atom. The van der Waals surface area contributed by atoms with Gasteiger partial charge in [-0.3, -0.25) is 9.59 Å². The van der Waals surface area contributed by atoms with Gasteiger partial charge in [0.2, 0.25) is 5.91 Å². The number of nitrogens with one attached hydrogen (secondary N) is 1. The topological polar surface area (TPSA) is 101 Å². The van der Waals surface area contributed by atoms with Crippen molar-refractivity contribution in [2.24, 2.45) is 17.8 Å². The van der Waals surface area contributed by atoms with Crippen molar-refractivity contribution in [1.29, 1.82) is 0 Å². The van der Waals surface area contributed by atoms with Gasteiger partial charge in [-0.15, -0.1) is 0 Å². The lowest BCUT2D eigenvalue weighted by Gasteiger charge is -2.24. The van der Waals surface area contributed by atoms with Gasteiger partial charge in [0.25, 0.3) is 0 Å². The molecule has 3 unspecified atom stereocenters. The van der Waals surface area contributed by atoms with Crippen LogP contribution in [0.3, 0.4) is 0 Å². The van der Waals surface area contributed by atoms with Gasteiger partial charge in [-0.25, -0.2) is 8.42 Å². The second-order valence-electron chi connectivity index (χ2n) is 6.38. The Balaban J connectivity index is 2.70. The largest absolute Gasteiger partial charge is 0.481 e. The Kier molecular flexibility index (Phi) is 4.84. The molecule has 1 rings (SSSR count). The van der Waals surface area contributed by atoms with Gasteiger partial charge in [-0.05, 0) is 32.6 Å². The number of hydrogen-bond acceptors (Lipinski definition) is 4. The van der Waals surface area contributed by atoms with Crippen LogP contribution in [0, 0.1) is 17.8 Å². The van der Waals surface area contributed by atoms with Crippen molar-refractivity contribution in [3.63, 3.8) is 0 Å². The molecule has 1 aliphatic rings. The van der Waals surface area contributed by atoms with E-state index < -0.39 is 32.4 Å². The highest BCUT2D eigenvalue weighted by Crippen LogP contribution is 2.36. The molecule has 0 bridgehead atoms. The molecule has 0 aliphatic heterocycles. The van der Waals surface area contributed by atoms with Gasteiger partial charge in [-0.2, -0.15) is 0 Å². The molecular weight excluding hydrogens is 282 g/mol. The van der Waals surface area contributed by atoms with Crippen LogP contribution in [0.5, 0.6) is 0 Å². The number of hydrogen-bond donors (Lipinski definition) is 2. The minimum atomic E-state index is -3.29. The van der Waals surface area contributed by atoms with Crippen LogP contribution in [0.15, 0.2) is 0 Å². The molecule has 1 saturated carbocycles. The van der Waals surface area contributed by atoms with E-state index in [1.807, 2.05) is 6.92 Å². The molecule has 3 atom stereocenters. The van der Waals surface area contributed by atoms with Gasteiger partial charge in [-0.1, -0.05) is 6.92 Å². The number of rotatable bonds is 5. The van der Waals surface area contributed by atoms with Gasteiger partial charge in [0, 0.05) is 12.8 Å². The predicted octanol–water partition coefficient (Wildman–Crippen LogP) is 0.673. The van der Waals surface area contributed by atoms with Crippen molar-refractivity contribution in [2.75, 3.05) is 12.8 Å². The number of sulfone groups is 1. The summed E-state index contributed by atoms with van der Waals surface area (Å²) < 4.78 is 22.1. The van der Waals surface area contributed by atoms with Crippen molar-refractivity contribution < 1.29 is 23.1 Å². The quantitative estimate of drug-likeness (QED) is 0.777. The molecule has 0 aromatic heterocycles. The van der Waals surface area contributed by atoms with E-state index in [1.165, 1.54) is 13.8 Å². The number of aliphatic carboxylic acids is 1. The average molecular weight is 305 g/mol. The van der Waals surface area contributed by atoms with E-state index in [4.69, 9.17) is 5.11 Å². The molecule has 0 heterocycles. The first kappa shape index (κ1) is 16.9. The van der Waals surface area contributed by atoms with E-state index in [0.717, 1.165) is 6.26 Å². The molecule has 0 spiro atoms. The van der Waals surface area contributed by atoms with Crippen LogP contribution >= 0.6 is 0 Å². The van der Waals surface area contributed by atoms with E-state index in [-0.39, 0.29) is 18.4 Å². The lowest BCUT2D eigenvalue weighted by atomic mass is 9.95. The summed E-state index contributed by atoms with van der Waals surface area (Å²) in [6.07, 6.45) is 2.14. The standard InChI is InChI=1S/C13H23NO5S/c1-8-5-9(10(6-8)12(16)17)11(15)14-7-13(2,3)20(4,18)19/h8-10H,5-7H2,1-4H3,(H,14,15)(H,16,17). The molecule has 0 aromatic rings. The van der Waals surface area contributed by atoms with E-state index in [1.54, 1.807) is 0 Å². The third-order valence-electron chi connectivity index (χ3n) is 4.14. The molecule has 0 aromatic carbocycles. The smallest absolute Gasteiger partial charge is 0.307 e. The van der Waals surface area contributed by atoms with Crippen LogP contribution in [-0.4, -0.2) is 42.9 Å². The maximum absolute atomic E-state index is 12.1. The fourth-order valence-electron chi connectivity index (χ4n) is 2.42. The van der Waals surface area contributed by atoms with Crippen molar-refractivity contribution in [1.82, 2.24) is 5.32 Å². The van der Waals surface area contributed by atoms with Crippen molar-refractivity contribution in [3.05, 3.63) is 0 Å². The number of amides is 1. The molecule has 7 heteroatoms. The molecule has 116 valence electrons. The number of carboxylic acids is 1. The van der Waals surface area contributed by atoms with Crippen LogP contribution in [0.4, 0.5) is 0 Å². The zero-order chi connectivity index (χ0) is 15.7. The second kappa shape index (κ2) is 5.71. The summed E-state index contributed by atoms with van der Waals surface area (Å²) in [4.78, 5) is 23.3. The minimum Gasteiger partial charge on any atom is -0.481 e. The highest BCUT2D eigenvalue weighted by molar-refractivity contribution is 7.92. The molecule has 0 radical (unpaired) electrons. The molecule has 1 fully saturated rings. The van der Waals surface area contributed by atoms with Crippen LogP contribution in [0.25, 0.3) is 0 Å². The Labute approximate surface area is 119 Å². The normalized spacial score (nSPS) is 27.3. The number of carbonyl (C=O) groups excluding carboxylic acids is 1. The van der Waals surface area contributed by atoms with Gasteiger partial charge in [0.05, 0.1) is 16.6 Å². The van der Waals surface area contributed by atoms with Gasteiger partial charge >= 0.3 is 5.97 Å². The monoisotopic (exact) mass is 305 g/mol. The highest BCUT2D eigenvalue weighted by Gasteiger charge is 2.42. The molecule has 20 heavy (non-hydrogen) atoms. The van der Waals surface area contributed by atoms with Gasteiger partial charge < -0.3 is 10.4 Å². The molecule has 6 nitrogen and oxygen atoms in total. The summed E-state index contributed by atoms with van der Waals surface area (Å²) in [6.45, 7) is 4.98. The summed E-state index contributed by atoms with van der Waals surface area (Å²) in [5.41, 5.74) is 0. The first-order valence-corrected chi connectivity index (χ1v) is 8.55. The number of carboxylic acid groups (broad SMARTS) is 1. The first-order valence-electron chi connectivity index (χ1n) is 6.66. The molecule has 2 N–H and O–H groups in total.